The van der Waals surface area contributed by atoms with Gasteiger partial charge in [0, 0.05) is 5.92 Å². The largest absolute Gasteiger partial charge is 0.376 e. The van der Waals surface area contributed by atoms with Crippen LogP contribution in [0.2, 0.25) is 0 Å². The van der Waals surface area contributed by atoms with Crippen LogP contribution in [0.4, 0.5) is 0 Å². The fraction of sp³-hybridized carbons (Fsp3) is 0.867. The smallest absolute Gasteiger partial charge is 0.230 e. The number of nitrogens with two attached hydrogens (primary N) is 1. The molecule has 0 radical (unpaired) electrons. The molecule has 5 heteroatoms. The molecule has 2 N–H and O–H groups in total. The summed E-state index contributed by atoms with van der Waals surface area (Å²) in [7, 11) is 0. The van der Waals surface area contributed by atoms with Crippen LogP contribution in [-0.2, 0) is 4.74 Å². The average molecular weight is 279 g/mol. The van der Waals surface area contributed by atoms with Gasteiger partial charge < -0.3 is 15.0 Å². The molecule has 2 aliphatic carbocycles. The lowest BCUT2D eigenvalue weighted by atomic mass is 9.96. The topological polar surface area (TPSA) is 74.2 Å². The van der Waals surface area contributed by atoms with E-state index in [9.17, 15) is 0 Å². The van der Waals surface area contributed by atoms with Crippen molar-refractivity contribution in [1.82, 2.24) is 10.1 Å². The molecule has 20 heavy (non-hydrogen) atoms. The van der Waals surface area contributed by atoms with E-state index in [1.165, 1.54) is 6.42 Å². The summed E-state index contributed by atoms with van der Waals surface area (Å²) in [6, 6.07) is -0.293. The summed E-state index contributed by atoms with van der Waals surface area (Å²) < 4.78 is 11.1. The van der Waals surface area contributed by atoms with Crippen LogP contribution in [0.15, 0.2) is 4.52 Å². The molecule has 1 atom stereocenters. The second kappa shape index (κ2) is 4.53. The molecule has 0 aliphatic heterocycles. The maximum atomic E-state index is 6.08. The molecule has 2 saturated carbocycles. The van der Waals surface area contributed by atoms with E-state index < -0.39 is 0 Å². The molecule has 0 spiro atoms. The van der Waals surface area contributed by atoms with Gasteiger partial charge in [0.2, 0.25) is 5.89 Å². The van der Waals surface area contributed by atoms with E-state index in [1.54, 1.807) is 0 Å². The van der Waals surface area contributed by atoms with Gasteiger partial charge in [-0.1, -0.05) is 32.9 Å². The highest BCUT2D eigenvalue weighted by Crippen LogP contribution is 2.73. The number of hydrogen-bond donors (Lipinski definition) is 1. The summed E-state index contributed by atoms with van der Waals surface area (Å²) in [4.78, 5) is 4.50. The van der Waals surface area contributed by atoms with Gasteiger partial charge in [0.15, 0.2) is 5.82 Å². The number of ether oxygens (including phenoxy) is 1. The van der Waals surface area contributed by atoms with Gasteiger partial charge in [0.25, 0.3) is 0 Å². The summed E-state index contributed by atoms with van der Waals surface area (Å²) in [5.74, 6) is 1.60. The molecule has 1 aromatic heterocycles. The van der Waals surface area contributed by atoms with E-state index in [4.69, 9.17) is 15.0 Å². The van der Waals surface area contributed by atoms with Crippen LogP contribution in [-0.4, -0.2) is 22.9 Å². The Morgan fingerprint density at radius 2 is 1.95 bits per heavy atom. The summed E-state index contributed by atoms with van der Waals surface area (Å²) in [6.07, 6.45) is 3.94. The van der Waals surface area contributed by atoms with Crippen LogP contribution in [0.5, 0.6) is 0 Å². The van der Waals surface area contributed by atoms with Gasteiger partial charge in [0.05, 0.1) is 18.8 Å². The first-order valence-corrected chi connectivity index (χ1v) is 7.54. The van der Waals surface area contributed by atoms with Crippen molar-refractivity contribution in [3.63, 3.8) is 0 Å². The third-order valence-electron chi connectivity index (χ3n) is 5.62. The zero-order valence-electron chi connectivity index (χ0n) is 12.8. The van der Waals surface area contributed by atoms with Crippen molar-refractivity contribution in [3.8, 4) is 0 Å². The molecule has 1 heterocycles. The monoisotopic (exact) mass is 279 g/mol. The summed E-state index contributed by atoms with van der Waals surface area (Å²) in [5.41, 5.74) is 6.48. The van der Waals surface area contributed by atoms with E-state index in [1.807, 2.05) is 0 Å². The van der Waals surface area contributed by atoms with E-state index in [-0.39, 0.29) is 16.9 Å². The van der Waals surface area contributed by atoms with Crippen LogP contribution in [0.3, 0.4) is 0 Å². The first-order valence-electron chi connectivity index (χ1n) is 7.54. The third-order valence-corrected chi connectivity index (χ3v) is 5.62. The van der Waals surface area contributed by atoms with Gasteiger partial charge in [-0.05, 0) is 30.1 Å². The maximum absolute atomic E-state index is 6.08. The second-order valence-corrected chi connectivity index (χ2v) is 7.36. The van der Waals surface area contributed by atoms with Crippen molar-refractivity contribution in [2.75, 3.05) is 6.61 Å². The minimum atomic E-state index is -0.293. The zero-order chi connectivity index (χ0) is 14.5. The molecule has 2 fully saturated rings. The van der Waals surface area contributed by atoms with Crippen molar-refractivity contribution in [1.29, 1.82) is 0 Å². The number of aromatic nitrogens is 2. The normalized spacial score (nSPS) is 26.2. The quantitative estimate of drug-likeness (QED) is 0.897. The summed E-state index contributed by atoms with van der Waals surface area (Å²) in [5, 5.41) is 4.04. The molecule has 0 bridgehead atoms. The number of nitrogens with zero attached hydrogens (tertiary/aromatic N) is 2. The van der Waals surface area contributed by atoms with Crippen molar-refractivity contribution >= 4 is 0 Å². The van der Waals surface area contributed by atoms with Gasteiger partial charge in [0.1, 0.15) is 0 Å². The second-order valence-electron chi connectivity index (χ2n) is 7.36. The fourth-order valence-electron chi connectivity index (χ4n) is 3.18. The van der Waals surface area contributed by atoms with E-state index in [0.717, 1.165) is 12.8 Å². The molecule has 5 nitrogen and oxygen atoms in total. The fourth-order valence-corrected chi connectivity index (χ4v) is 3.18. The number of hydrogen-bond acceptors (Lipinski definition) is 5. The lowest BCUT2D eigenvalue weighted by Gasteiger charge is -2.26. The molecular weight excluding hydrogens is 254 g/mol. The minimum Gasteiger partial charge on any atom is -0.376 e. The van der Waals surface area contributed by atoms with Crippen molar-refractivity contribution in [3.05, 3.63) is 11.7 Å². The Balaban J connectivity index is 1.62. The van der Waals surface area contributed by atoms with Crippen LogP contribution in [0.1, 0.15) is 70.6 Å². The predicted molar refractivity (Wildman–Crippen MR) is 75.1 cm³/mol. The van der Waals surface area contributed by atoms with Gasteiger partial charge in [-0.2, -0.15) is 4.98 Å². The molecule has 0 saturated heterocycles. The predicted octanol–water partition coefficient (Wildman–Crippen LogP) is 2.79. The molecule has 3 rings (SSSR count). The Bertz CT molecular complexity index is 477. The maximum Gasteiger partial charge on any atom is 0.230 e. The number of rotatable bonds is 5. The summed E-state index contributed by atoms with van der Waals surface area (Å²) >= 11 is 0. The van der Waals surface area contributed by atoms with Gasteiger partial charge in [-0.3, -0.25) is 0 Å². The molecule has 1 unspecified atom stereocenters. The Morgan fingerprint density at radius 1 is 1.30 bits per heavy atom. The standard InChI is InChI=1S/C15H25N3O2/c1-14(2)11(15(14,3)4)13-17-12(18-20-13)10(16)8-19-9-6-5-7-9/h9-11H,5-8,16H2,1-4H3. The first kappa shape index (κ1) is 14.0. The van der Waals surface area contributed by atoms with Crippen molar-refractivity contribution < 1.29 is 9.26 Å². The lowest BCUT2D eigenvalue weighted by Crippen LogP contribution is -2.27. The molecule has 0 aromatic carbocycles. The van der Waals surface area contributed by atoms with Crippen LogP contribution in [0, 0.1) is 10.8 Å². The lowest BCUT2D eigenvalue weighted by molar-refractivity contribution is -0.00549. The third kappa shape index (κ3) is 2.07. The Morgan fingerprint density at radius 3 is 2.45 bits per heavy atom. The molecular formula is C15H25N3O2. The SMILES string of the molecule is CC1(C)C(c2nc(C(N)COC3CCC3)no2)C1(C)C. The molecule has 0 amide bonds. The van der Waals surface area contributed by atoms with Gasteiger partial charge in [-0.25, -0.2) is 0 Å². The van der Waals surface area contributed by atoms with Crippen LogP contribution < -0.4 is 5.73 Å². The first-order chi connectivity index (χ1) is 9.34. The van der Waals surface area contributed by atoms with Gasteiger partial charge in [-0.15, -0.1) is 0 Å². The Hall–Kier alpha value is -0.940. The van der Waals surface area contributed by atoms with Crippen molar-refractivity contribution in [2.24, 2.45) is 16.6 Å². The van der Waals surface area contributed by atoms with E-state index in [0.29, 0.717) is 30.3 Å². The van der Waals surface area contributed by atoms with Crippen LogP contribution >= 0.6 is 0 Å². The Labute approximate surface area is 120 Å². The van der Waals surface area contributed by atoms with Crippen molar-refractivity contribution in [2.45, 2.75) is 65.0 Å². The summed E-state index contributed by atoms with van der Waals surface area (Å²) in [6.45, 7) is 9.42. The Kier molecular flexibility index (Phi) is 3.18. The highest BCUT2D eigenvalue weighted by atomic mass is 16.5. The minimum absolute atomic E-state index is 0.198. The molecule has 1 aromatic rings. The highest BCUT2D eigenvalue weighted by molar-refractivity contribution is 5.25. The van der Waals surface area contributed by atoms with Crippen LogP contribution in [0.25, 0.3) is 0 Å². The zero-order valence-corrected chi connectivity index (χ0v) is 12.8. The van der Waals surface area contributed by atoms with Gasteiger partial charge >= 0.3 is 0 Å². The van der Waals surface area contributed by atoms with E-state index >= 15 is 0 Å². The highest BCUT2D eigenvalue weighted by Gasteiger charge is 2.68. The molecule has 2 aliphatic rings. The van der Waals surface area contributed by atoms with E-state index in [2.05, 4.69) is 37.8 Å². The average Bonchev–Trinajstić information content (AvgIpc) is 2.68. The molecule has 112 valence electrons.